The van der Waals surface area contributed by atoms with Gasteiger partial charge in [-0.15, -0.1) is 0 Å². The number of sulfonamides is 1. The van der Waals surface area contributed by atoms with E-state index in [4.69, 9.17) is 32.7 Å². The van der Waals surface area contributed by atoms with Gasteiger partial charge in [0.05, 0.1) is 24.8 Å². The minimum Gasteiger partial charge on any atom is -0.493 e. The number of halogens is 2. The molecule has 0 aromatic heterocycles. The van der Waals surface area contributed by atoms with Crippen molar-refractivity contribution < 1.29 is 27.5 Å². The third-order valence-electron chi connectivity index (χ3n) is 8.19. The highest BCUT2D eigenvalue weighted by atomic mass is 35.5. The summed E-state index contributed by atoms with van der Waals surface area (Å²) in [7, 11) is -1.45. The van der Waals surface area contributed by atoms with Crippen molar-refractivity contribution in [2.24, 2.45) is 0 Å². The summed E-state index contributed by atoms with van der Waals surface area (Å²) in [5.74, 6) is -0.312. The molecule has 0 heterocycles. The Bertz CT molecular complexity index is 1660. The molecule has 1 saturated carbocycles. The Balaban J connectivity index is 1.75. The lowest BCUT2D eigenvalue weighted by molar-refractivity contribution is -0.139. The summed E-state index contributed by atoms with van der Waals surface area (Å²) in [6, 6.07) is 13.6. The molecule has 0 bridgehead atoms. The standard InChI is InChI=1S/C34H41Cl2N3O6S/c1-22-15-23(2)17-28(16-22)39(46(42,43)29-13-14-31(44-4)32(19-29)45-5)21-33(40)38(20-25-11-12-26(35)18-30(25)36)24(3)34(41)37-27-9-7-6-8-10-27/h11-19,24,27H,6-10,20-21H2,1-5H3,(H,37,41)/t24-/m1/s1. The maximum absolute atomic E-state index is 14.3. The summed E-state index contributed by atoms with van der Waals surface area (Å²) in [4.78, 5) is 29.2. The van der Waals surface area contributed by atoms with Crippen LogP contribution in [-0.4, -0.2) is 58.0 Å². The van der Waals surface area contributed by atoms with Crippen LogP contribution in [0.25, 0.3) is 0 Å². The number of nitrogens with zero attached hydrogens (tertiary/aromatic N) is 2. The van der Waals surface area contributed by atoms with Gasteiger partial charge in [-0.3, -0.25) is 13.9 Å². The molecule has 1 aliphatic rings. The van der Waals surface area contributed by atoms with Crippen LogP contribution in [0.3, 0.4) is 0 Å². The van der Waals surface area contributed by atoms with Crippen molar-refractivity contribution >= 4 is 50.7 Å². The number of methoxy groups -OCH3 is 2. The molecule has 0 unspecified atom stereocenters. The molecule has 3 aromatic rings. The number of nitrogens with one attached hydrogen (secondary N) is 1. The first kappa shape index (κ1) is 35.4. The fraction of sp³-hybridized carbons (Fsp3) is 0.412. The second-order valence-corrected chi connectivity index (χ2v) is 14.4. The molecule has 0 spiro atoms. The Morgan fingerprint density at radius 2 is 1.57 bits per heavy atom. The summed E-state index contributed by atoms with van der Waals surface area (Å²) in [5.41, 5.74) is 2.52. The molecular formula is C34H41Cl2N3O6S. The van der Waals surface area contributed by atoms with Crippen molar-refractivity contribution in [3.8, 4) is 11.5 Å². The lowest BCUT2D eigenvalue weighted by Crippen LogP contribution is -2.53. The van der Waals surface area contributed by atoms with Gasteiger partial charge in [0, 0.05) is 28.7 Å². The Kier molecular flexibility index (Phi) is 11.9. The van der Waals surface area contributed by atoms with Gasteiger partial charge in [-0.1, -0.05) is 54.6 Å². The first-order chi connectivity index (χ1) is 21.8. The van der Waals surface area contributed by atoms with E-state index >= 15 is 0 Å². The Labute approximate surface area is 281 Å². The lowest BCUT2D eigenvalue weighted by atomic mass is 9.95. The number of anilines is 1. The monoisotopic (exact) mass is 689 g/mol. The van der Waals surface area contributed by atoms with Gasteiger partial charge in [0.1, 0.15) is 12.6 Å². The van der Waals surface area contributed by atoms with Crippen LogP contribution in [0.15, 0.2) is 59.5 Å². The zero-order valence-electron chi connectivity index (χ0n) is 26.8. The molecule has 1 N–H and O–H groups in total. The molecular weight excluding hydrogens is 649 g/mol. The summed E-state index contributed by atoms with van der Waals surface area (Å²) < 4.78 is 40.4. The molecule has 0 saturated heterocycles. The van der Waals surface area contributed by atoms with Crippen LogP contribution in [-0.2, 0) is 26.2 Å². The van der Waals surface area contributed by atoms with E-state index in [-0.39, 0.29) is 29.1 Å². The van der Waals surface area contributed by atoms with Gasteiger partial charge in [-0.2, -0.15) is 0 Å². The van der Waals surface area contributed by atoms with Crippen LogP contribution in [0.1, 0.15) is 55.7 Å². The van der Waals surface area contributed by atoms with Gasteiger partial charge >= 0.3 is 0 Å². The first-order valence-corrected chi connectivity index (χ1v) is 17.4. The quantitative estimate of drug-likeness (QED) is 0.227. The summed E-state index contributed by atoms with van der Waals surface area (Å²) in [6.45, 7) is 4.74. The van der Waals surface area contributed by atoms with E-state index in [9.17, 15) is 18.0 Å². The Morgan fingerprint density at radius 1 is 0.913 bits per heavy atom. The van der Waals surface area contributed by atoms with E-state index in [1.54, 1.807) is 37.3 Å². The molecule has 0 aliphatic heterocycles. The first-order valence-electron chi connectivity index (χ1n) is 15.2. The average Bonchev–Trinajstić information content (AvgIpc) is 3.02. The van der Waals surface area contributed by atoms with Crippen molar-refractivity contribution in [1.29, 1.82) is 0 Å². The topological polar surface area (TPSA) is 105 Å². The average molecular weight is 691 g/mol. The number of carbonyl (C=O) groups excluding carboxylic acids is 2. The van der Waals surface area contributed by atoms with Crippen LogP contribution in [0.4, 0.5) is 5.69 Å². The van der Waals surface area contributed by atoms with Gasteiger partial charge < -0.3 is 19.7 Å². The molecule has 12 heteroatoms. The van der Waals surface area contributed by atoms with Crippen LogP contribution in [0.2, 0.25) is 10.0 Å². The summed E-state index contributed by atoms with van der Waals surface area (Å²) in [6.07, 6.45) is 4.94. The SMILES string of the molecule is COc1ccc(S(=O)(=O)N(CC(=O)N(Cc2ccc(Cl)cc2Cl)[C@H](C)C(=O)NC2CCCCC2)c2cc(C)cc(C)c2)cc1OC. The highest BCUT2D eigenvalue weighted by Crippen LogP contribution is 2.33. The van der Waals surface area contributed by atoms with Gasteiger partial charge in [0.25, 0.3) is 10.0 Å². The predicted octanol–water partition coefficient (Wildman–Crippen LogP) is 6.69. The minimum atomic E-state index is -4.32. The molecule has 0 radical (unpaired) electrons. The number of amides is 2. The smallest absolute Gasteiger partial charge is 0.264 e. The predicted molar refractivity (Wildman–Crippen MR) is 181 cm³/mol. The van der Waals surface area contributed by atoms with Crippen LogP contribution in [0, 0.1) is 13.8 Å². The van der Waals surface area contributed by atoms with Crippen molar-refractivity contribution in [1.82, 2.24) is 10.2 Å². The zero-order valence-corrected chi connectivity index (χ0v) is 29.1. The number of aryl methyl sites for hydroxylation is 2. The number of carbonyl (C=O) groups is 2. The van der Waals surface area contributed by atoms with E-state index in [1.165, 1.54) is 37.3 Å². The van der Waals surface area contributed by atoms with Gasteiger partial charge in [-0.05, 0) is 86.7 Å². The van der Waals surface area contributed by atoms with Gasteiger partial charge in [0.15, 0.2) is 11.5 Å². The van der Waals surface area contributed by atoms with Crippen molar-refractivity contribution in [3.63, 3.8) is 0 Å². The van der Waals surface area contributed by atoms with Crippen molar-refractivity contribution in [2.75, 3.05) is 25.1 Å². The van der Waals surface area contributed by atoms with E-state index < -0.39 is 28.5 Å². The lowest BCUT2D eigenvalue weighted by Gasteiger charge is -2.33. The third-order valence-corrected chi connectivity index (χ3v) is 10.5. The molecule has 2 amide bonds. The second-order valence-electron chi connectivity index (χ2n) is 11.7. The van der Waals surface area contributed by atoms with E-state index in [0.29, 0.717) is 27.0 Å². The molecule has 4 rings (SSSR count). The Morgan fingerprint density at radius 3 is 2.17 bits per heavy atom. The largest absolute Gasteiger partial charge is 0.493 e. The van der Waals surface area contributed by atoms with Crippen molar-refractivity contribution in [2.45, 2.75) is 76.4 Å². The van der Waals surface area contributed by atoms with E-state index in [2.05, 4.69) is 5.32 Å². The van der Waals surface area contributed by atoms with Gasteiger partial charge in [-0.25, -0.2) is 8.42 Å². The van der Waals surface area contributed by atoms with Crippen LogP contribution in [0.5, 0.6) is 11.5 Å². The number of hydrogen-bond donors (Lipinski definition) is 1. The Hall–Kier alpha value is -3.47. The number of benzene rings is 3. The van der Waals surface area contributed by atoms with Crippen molar-refractivity contribution in [3.05, 3.63) is 81.3 Å². The fourth-order valence-electron chi connectivity index (χ4n) is 5.71. The number of rotatable bonds is 12. The zero-order chi connectivity index (χ0) is 33.6. The molecule has 3 aromatic carbocycles. The van der Waals surface area contributed by atoms with Crippen LogP contribution >= 0.6 is 23.2 Å². The summed E-state index contributed by atoms with van der Waals surface area (Å²) >= 11 is 12.6. The molecule has 1 fully saturated rings. The summed E-state index contributed by atoms with van der Waals surface area (Å²) in [5, 5.41) is 3.85. The molecule has 9 nitrogen and oxygen atoms in total. The third kappa shape index (κ3) is 8.46. The van der Waals surface area contributed by atoms with Gasteiger partial charge in [0.2, 0.25) is 11.8 Å². The molecule has 1 atom stereocenters. The number of hydrogen-bond acceptors (Lipinski definition) is 6. The molecule has 248 valence electrons. The maximum Gasteiger partial charge on any atom is 0.264 e. The highest BCUT2D eigenvalue weighted by Gasteiger charge is 2.34. The van der Waals surface area contributed by atoms with E-state index in [0.717, 1.165) is 47.5 Å². The second kappa shape index (κ2) is 15.4. The fourth-order valence-corrected chi connectivity index (χ4v) is 7.59. The normalized spacial score (nSPS) is 14.3. The van der Waals surface area contributed by atoms with E-state index in [1.807, 2.05) is 19.9 Å². The van der Waals surface area contributed by atoms with Crippen LogP contribution < -0.4 is 19.1 Å². The highest BCUT2D eigenvalue weighted by molar-refractivity contribution is 7.92. The molecule has 1 aliphatic carbocycles. The molecule has 46 heavy (non-hydrogen) atoms. The minimum absolute atomic E-state index is 0.0250. The maximum atomic E-state index is 14.3. The number of ether oxygens (including phenoxy) is 2.